The van der Waals surface area contributed by atoms with Gasteiger partial charge >= 0.3 is 0 Å². The van der Waals surface area contributed by atoms with Crippen molar-refractivity contribution in [2.75, 3.05) is 31.6 Å². The van der Waals surface area contributed by atoms with Gasteiger partial charge in [-0.3, -0.25) is 4.79 Å². The van der Waals surface area contributed by atoms with Gasteiger partial charge in [0.25, 0.3) is 0 Å². The molecule has 1 unspecified atom stereocenters. The third kappa shape index (κ3) is 5.49. The number of anilines is 1. The summed E-state index contributed by atoms with van der Waals surface area (Å²) in [5.74, 6) is -0.493. The molecule has 118 valence electrons. The molecule has 0 bridgehead atoms. The Hall–Kier alpha value is -1.37. The Bertz CT molecular complexity index is 468. The first-order valence-electron chi connectivity index (χ1n) is 6.73. The lowest BCUT2D eigenvalue weighted by molar-refractivity contribution is -0.119. The maximum Gasteiger partial charge on any atom is 0.227 e. The van der Waals surface area contributed by atoms with Gasteiger partial charge in [-0.25, -0.2) is 4.39 Å². The van der Waals surface area contributed by atoms with Gasteiger partial charge in [-0.15, -0.1) is 12.4 Å². The third-order valence-corrected chi connectivity index (χ3v) is 2.93. The second kappa shape index (κ2) is 8.81. The van der Waals surface area contributed by atoms with Crippen molar-refractivity contribution in [1.29, 1.82) is 0 Å². The molecule has 7 heteroatoms. The molecule has 0 saturated carbocycles. The molecule has 1 fully saturated rings. The zero-order chi connectivity index (χ0) is 14.4. The lowest BCUT2D eigenvalue weighted by Gasteiger charge is -2.23. The predicted octanol–water partition coefficient (Wildman–Crippen LogP) is 1.96. The molecular weight excluding hydrogens is 299 g/mol. The molecule has 1 saturated heterocycles. The Morgan fingerprint density at radius 2 is 2.38 bits per heavy atom. The summed E-state index contributed by atoms with van der Waals surface area (Å²) >= 11 is 0. The van der Waals surface area contributed by atoms with Crippen LogP contribution in [0.2, 0.25) is 0 Å². The Kier molecular flexibility index (Phi) is 7.42. The van der Waals surface area contributed by atoms with Crippen LogP contribution in [0.15, 0.2) is 18.2 Å². The summed E-state index contributed by atoms with van der Waals surface area (Å²) in [7, 11) is 0. The summed E-state index contributed by atoms with van der Waals surface area (Å²) in [4.78, 5) is 11.8. The van der Waals surface area contributed by atoms with Crippen molar-refractivity contribution in [2.45, 2.75) is 19.4 Å². The Labute approximate surface area is 129 Å². The van der Waals surface area contributed by atoms with Crippen molar-refractivity contribution < 1.29 is 18.7 Å². The van der Waals surface area contributed by atoms with Crippen LogP contribution in [-0.4, -0.2) is 38.3 Å². The molecule has 1 aromatic carbocycles. The average Bonchev–Trinajstić information content (AvgIpc) is 2.43. The molecule has 2 N–H and O–H groups in total. The Balaban J connectivity index is 0.00000220. The number of carbonyl (C=O) groups is 1. The van der Waals surface area contributed by atoms with Crippen LogP contribution in [0.1, 0.15) is 13.3 Å². The summed E-state index contributed by atoms with van der Waals surface area (Å²) < 4.78 is 24.2. The van der Waals surface area contributed by atoms with Crippen LogP contribution in [0.25, 0.3) is 0 Å². The van der Waals surface area contributed by atoms with E-state index in [0.29, 0.717) is 25.4 Å². The first-order valence-corrected chi connectivity index (χ1v) is 6.73. The Morgan fingerprint density at radius 3 is 3.00 bits per heavy atom. The molecule has 1 aliphatic heterocycles. The summed E-state index contributed by atoms with van der Waals surface area (Å²) in [6.45, 7) is 4.25. The van der Waals surface area contributed by atoms with Gasteiger partial charge in [0.05, 0.1) is 25.7 Å². The van der Waals surface area contributed by atoms with Crippen LogP contribution >= 0.6 is 12.4 Å². The maximum atomic E-state index is 13.6. The number of benzene rings is 1. The van der Waals surface area contributed by atoms with Gasteiger partial charge in [0.2, 0.25) is 5.91 Å². The van der Waals surface area contributed by atoms with E-state index in [1.54, 1.807) is 13.0 Å². The number of amides is 1. The van der Waals surface area contributed by atoms with E-state index < -0.39 is 5.82 Å². The third-order valence-electron chi connectivity index (χ3n) is 2.93. The summed E-state index contributed by atoms with van der Waals surface area (Å²) in [6.07, 6.45) is 0.123. The van der Waals surface area contributed by atoms with Crippen LogP contribution in [-0.2, 0) is 9.53 Å². The molecule has 1 amide bonds. The molecular formula is C14H20ClFN2O3. The number of halogens is 2. The Morgan fingerprint density at radius 1 is 1.57 bits per heavy atom. The van der Waals surface area contributed by atoms with Crippen LogP contribution in [0, 0.1) is 5.82 Å². The molecule has 1 atom stereocenters. The zero-order valence-corrected chi connectivity index (χ0v) is 12.7. The highest BCUT2D eigenvalue weighted by Crippen LogP contribution is 2.21. The minimum Gasteiger partial charge on any atom is -0.491 e. The number of ether oxygens (including phenoxy) is 2. The molecule has 0 radical (unpaired) electrons. The van der Waals surface area contributed by atoms with E-state index in [1.165, 1.54) is 12.1 Å². The number of carbonyl (C=O) groups excluding carboxylic acids is 1. The average molecular weight is 319 g/mol. The van der Waals surface area contributed by atoms with Gasteiger partial charge < -0.3 is 20.1 Å². The topological polar surface area (TPSA) is 59.6 Å². The van der Waals surface area contributed by atoms with Gasteiger partial charge in [0, 0.05) is 24.8 Å². The van der Waals surface area contributed by atoms with Gasteiger partial charge in [0.15, 0.2) is 11.6 Å². The quantitative estimate of drug-likeness (QED) is 0.871. The normalized spacial score (nSPS) is 17.7. The highest BCUT2D eigenvalue weighted by molar-refractivity contribution is 5.91. The predicted molar refractivity (Wildman–Crippen MR) is 80.7 cm³/mol. The van der Waals surface area contributed by atoms with Crippen molar-refractivity contribution in [3.63, 3.8) is 0 Å². The van der Waals surface area contributed by atoms with E-state index in [2.05, 4.69) is 10.6 Å². The minimum atomic E-state index is -0.486. The lowest BCUT2D eigenvalue weighted by atomic mass is 10.2. The van der Waals surface area contributed by atoms with E-state index in [9.17, 15) is 9.18 Å². The fraction of sp³-hybridized carbons (Fsp3) is 0.500. The fourth-order valence-electron chi connectivity index (χ4n) is 2.02. The van der Waals surface area contributed by atoms with Crippen LogP contribution in [0.4, 0.5) is 10.1 Å². The number of hydrogen-bond acceptors (Lipinski definition) is 4. The highest BCUT2D eigenvalue weighted by Gasteiger charge is 2.17. The maximum absolute atomic E-state index is 13.6. The van der Waals surface area contributed by atoms with E-state index >= 15 is 0 Å². The smallest absolute Gasteiger partial charge is 0.227 e. The summed E-state index contributed by atoms with van der Waals surface area (Å²) in [5, 5.41) is 5.81. The van der Waals surface area contributed by atoms with Crippen LogP contribution in [0.3, 0.4) is 0 Å². The standard InChI is InChI=1S/C14H19FN2O3.ClH/c1-2-19-13-4-3-10(7-12(13)15)17-14(18)8-11-9-16-5-6-20-11;/h3-4,7,11,16H,2,5-6,8-9H2,1H3,(H,17,18);1H. The molecule has 5 nitrogen and oxygen atoms in total. The summed E-state index contributed by atoms with van der Waals surface area (Å²) in [6, 6.07) is 4.38. The zero-order valence-electron chi connectivity index (χ0n) is 11.9. The SMILES string of the molecule is CCOc1ccc(NC(=O)CC2CNCCO2)cc1F.Cl. The fourth-order valence-corrected chi connectivity index (χ4v) is 2.02. The minimum absolute atomic E-state index is 0. The number of morpholine rings is 1. The second-order valence-electron chi connectivity index (χ2n) is 4.53. The molecule has 1 aromatic rings. The van der Waals surface area contributed by atoms with Crippen molar-refractivity contribution in [3.05, 3.63) is 24.0 Å². The molecule has 2 rings (SSSR count). The summed E-state index contributed by atoms with van der Waals surface area (Å²) in [5.41, 5.74) is 0.416. The van der Waals surface area contributed by atoms with Gasteiger partial charge in [-0.05, 0) is 19.1 Å². The lowest BCUT2D eigenvalue weighted by Crippen LogP contribution is -2.40. The van der Waals surface area contributed by atoms with Crippen molar-refractivity contribution in [1.82, 2.24) is 5.32 Å². The van der Waals surface area contributed by atoms with E-state index in [-0.39, 0.29) is 36.6 Å². The highest BCUT2D eigenvalue weighted by atomic mass is 35.5. The molecule has 1 heterocycles. The van der Waals surface area contributed by atoms with Gasteiger partial charge in [-0.2, -0.15) is 0 Å². The molecule has 0 aromatic heterocycles. The van der Waals surface area contributed by atoms with E-state index in [4.69, 9.17) is 9.47 Å². The second-order valence-corrected chi connectivity index (χ2v) is 4.53. The molecule has 1 aliphatic rings. The monoisotopic (exact) mass is 318 g/mol. The first-order chi connectivity index (χ1) is 9.69. The number of nitrogens with one attached hydrogen (secondary N) is 2. The van der Waals surface area contributed by atoms with Gasteiger partial charge in [-0.1, -0.05) is 0 Å². The largest absolute Gasteiger partial charge is 0.491 e. The van der Waals surface area contributed by atoms with Crippen LogP contribution in [0.5, 0.6) is 5.75 Å². The first kappa shape index (κ1) is 17.7. The van der Waals surface area contributed by atoms with E-state index in [0.717, 1.165) is 6.54 Å². The van der Waals surface area contributed by atoms with Gasteiger partial charge in [0.1, 0.15) is 0 Å². The van der Waals surface area contributed by atoms with E-state index in [1.807, 2.05) is 0 Å². The molecule has 0 spiro atoms. The van der Waals surface area contributed by atoms with Crippen LogP contribution < -0.4 is 15.4 Å². The van der Waals surface area contributed by atoms with Crippen molar-refractivity contribution in [2.24, 2.45) is 0 Å². The number of rotatable bonds is 5. The van der Waals surface area contributed by atoms with Crippen molar-refractivity contribution in [3.8, 4) is 5.75 Å². The molecule has 0 aliphatic carbocycles. The van der Waals surface area contributed by atoms with Crippen molar-refractivity contribution >= 4 is 24.0 Å². The molecule has 21 heavy (non-hydrogen) atoms. The number of hydrogen-bond donors (Lipinski definition) is 2.